The Balaban J connectivity index is 2.65. The molecule has 0 saturated heterocycles. The molecule has 8 N–H and O–H groups in total. The van der Waals surface area contributed by atoms with E-state index in [0.717, 1.165) is 6.92 Å². The lowest BCUT2D eigenvalue weighted by atomic mass is 9.84. The fraction of sp³-hybridized carbons (Fsp3) is 0.333. The molecule has 0 aromatic heterocycles. The molecule has 0 radical (unpaired) electrons. The molecule has 10 heteroatoms. The van der Waals surface area contributed by atoms with Gasteiger partial charge in [0, 0.05) is 36.3 Å². The Bertz CT molecular complexity index is 1090. The number of nitrogens with one attached hydrogen (secondary N) is 2. The van der Waals surface area contributed by atoms with Crippen molar-refractivity contribution in [2.45, 2.75) is 43.9 Å². The molecular weight excluding hydrogens is 484 g/mol. The number of halogens is 3. The van der Waals surface area contributed by atoms with Crippen LogP contribution in [0.25, 0.3) is 5.57 Å². The fourth-order valence-electron chi connectivity index (χ4n) is 3.60. The van der Waals surface area contributed by atoms with E-state index in [2.05, 4.69) is 23.8 Å². The average Bonchev–Trinajstić information content (AvgIpc) is 2.71. The number of hydrogen-bond acceptors (Lipinski definition) is 7. The standard InChI is InChI=1S/C24H30Cl2FN3O4/c1-12(28)10-13(2)30-22(23(4,31)24(32,33)34)16-7-8-17(25)20(21(16)27)14(3)15-6-9-19(29-5)18(26)11-15/h6-9,11,13,22,29-34H,1,3,10,28H2,2,4-5H3. The lowest BCUT2D eigenvalue weighted by molar-refractivity contribution is -0.393. The van der Waals surface area contributed by atoms with E-state index in [1.165, 1.54) is 12.1 Å². The molecule has 3 unspecified atom stereocenters. The first-order valence-electron chi connectivity index (χ1n) is 10.3. The minimum absolute atomic E-state index is 0.0325. The second kappa shape index (κ2) is 10.6. The Labute approximate surface area is 208 Å². The molecule has 3 atom stereocenters. The maximum atomic E-state index is 16.0. The SMILES string of the molecule is C=C(N)CC(C)NC(c1ccc(Cl)c(C(=C)c2ccc(NC)c(Cl)c2)c1F)C(C)(O)C(O)(O)O. The summed E-state index contributed by atoms with van der Waals surface area (Å²) >= 11 is 12.6. The second-order valence-electron chi connectivity index (χ2n) is 8.39. The third kappa shape index (κ3) is 5.90. The number of nitrogens with two attached hydrogens (primary N) is 1. The van der Waals surface area contributed by atoms with E-state index in [1.54, 1.807) is 32.2 Å². The Morgan fingerprint density at radius 3 is 2.24 bits per heavy atom. The molecule has 0 heterocycles. The largest absolute Gasteiger partial charge is 0.402 e. The summed E-state index contributed by atoms with van der Waals surface area (Å²) in [7, 11) is 1.71. The lowest BCUT2D eigenvalue weighted by Crippen LogP contribution is -2.60. The molecular formula is C24H30Cl2FN3O4. The molecule has 7 nitrogen and oxygen atoms in total. The van der Waals surface area contributed by atoms with Crippen molar-refractivity contribution in [3.63, 3.8) is 0 Å². The summed E-state index contributed by atoms with van der Waals surface area (Å²) in [6.07, 6.45) is 0.229. The van der Waals surface area contributed by atoms with Gasteiger partial charge in [-0.25, -0.2) is 4.39 Å². The van der Waals surface area contributed by atoms with Crippen LogP contribution in [-0.4, -0.2) is 45.1 Å². The predicted octanol–water partition coefficient (Wildman–Crippen LogP) is 3.50. The highest BCUT2D eigenvalue weighted by Crippen LogP contribution is 2.40. The Kier molecular flexibility index (Phi) is 8.77. The zero-order valence-electron chi connectivity index (χ0n) is 19.2. The van der Waals surface area contributed by atoms with Gasteiger partial charge in [-0.2, -0.15) is 0 Å². The highest BCUT2D eigenvalue weighted by Gasteiger charge is 2.51. The molecule has 186 valence electrons. The molecule has 0 aliphatic rings. The molecule has 0 amide bonds. The van der Waals surface area contributed by atoms with Gasteiger partial charge in [-0.15, -0.1) is 0 Å². The van der Waals surface area contributed by atoms with Crippen LogP contribution < -0.4 is 16.4 Å². The van der Waals surface area contributed by atoms with Crippen molar-refractivity contribution in [3.8, 4) is 0 Å². The molecule has 0 saturated carbocycles. The molecule has 0 bridgehead atoms. The predicted molar refractivity (Wildman–Crippen MR) is 134 cm³/mol. The maximum absolute atomic E-state index is 16.0. The first-order valence-corrected chi connectivity index (χ1v) is 11.1. The van der Waals surface area contributed by atoms with Crippen LogP contribution in [0.5, 0.6) is 0 Å². The summed E-state index contributed by atoms with van der Waals surface area (Å²) in [5, 5.41) is 46.6. The van der Waals surface area contributed by atoms with Gasteiger partial charge < -0.3 is 36.8 Å². The lowest BCUT2D eigenvalue weighted by Gasteiger charge is -2.41. The number of anilines is 1. The Morgan fingerprint density at radius 2 is 1.74 bits per heavy atom. The highest BCUT2D eigenvalue weighted by atomic mass is 35.5. The Morgan fingerprint density at radius 1 is 1.12 bits per heavy atom. The zero-order chi connectivity index (χ0) is 26.0. The van der Waals surface area contributed by atoms with Crippen LogP contribution in [0, 0.1) is 5.82 Å². The van der Waals surface area contributed by atoms with Crippen molar-refractivity contribution in [3.05, 3.63) is 81.7 Å². The van der Waals surface area contributed by atoms with Crippen LogP contribution in [0.4, 0.5) is 10.1 Å². The molecule has 0 aliphatic heterocycles. The van der Waals surface area contributed by atoms with Gasteiger partial charge in [0.1, 0.15) is 5.82 Å². The van der Waals surface area contributed by atoms with Crippen LogP contribution in [-0.2, 0) is 0 Å². The summed E-state index contributed by atoms with van der Waals surface area (Å²) in [5.41, 5.74) is 4.39. The summed E-state index contributed by atoms with van der Waals surface area (Å²) in [5.74, 6) is -4.46. The van der Waals surface area contributed by atoms with Gasteiger partial charge in [0.2, 0.25) is 0 Å². The van der Waals surface area contributed by atoms with Gasteiger partial charge in [0.15, 0.2) is 5.60 Å². The van der Waals surface area contributed by atoms with Gasteiger partial charge in [-0.05, 0) is 43.2 Å². The summed E-state index contributed by atoms with van der Waals surface area (Å²) in [4.78, 5) is 0. The van der Waals surface area contributed by atoms with Crippen molar-refractivity contribution in [2.75, 3.05) is 12.4 Å². The van der Waals surface area contributed by atoms with Crippen molar-refractivity contribution in [1.82, 2.24) is 5.32 Å². The van der Waals surface area contributed by atoms with E-state index < -0.39 is 29.5 Å². The average molecular weight is 514 g/mol. The number of aliphatic hydroxyl groups is 4. The molecule has 0 fully saturated rings. The van der Waals surface area contributed by atoms with Gasteiger partial charge in [0.25, 0.3) is 0 Å². The molecule has 2 aromatic rings. The molecule has 0 spiro atoms. The van der Waals surface area contributed by atoms with Gasteiger partial charge in [0.05, 0.1) is 21.8 Å². The third-order valence-electron chi connectivity index (χ3n) is 5.58. The summed E-state index contributed by atoms with van der Waals surface area (Å²) in [6.45, 7) is 10.2. The van der Waals surface area contributed by atoms with E-state index in [1.807, 2.05) is 0 Å². The third-order valence-corrected chi connectivity index (χ3v) is 6.21. The van der Waals surface area contributed by atoms with Crippen molar-refractivity contribution < 1.29 is 24.8 Å². The molecule has 2 rings (SSSR count). The van der Waals surface area contributed by atoms with Gasteiger partial charge in [-0.3, -0.25) is 0 Å². The van der Waals surface area contributed by atoms with E-state index in [-0.39, 0.29) is 28.1 Å². The van der Waals surface area contributed by atoms with E-state index in [4.69, 9.17) is 28.9 Å². The number of hydrogen-bond donors (Lipinski definition) is 7. The summed E-state index contributed by atoms with van der Waals surface area (Å²) in [6, 6.07) is 5.63. The maximum Gasteiger partial charge on any atom is 0.307 e. The van der Waals surface area contributed by atoms with Crippen LogP contribution in [0.2, 0.25) is 10.0 Å². The number of rotatable bonds is 10. The van der Waals surface area contributed by atoms with Gasteiger partial charge in [-0.1, -0.05) is 48.5 Å². The first kappa shape index (κ1) is 28.1. The van der Waals surface area contributed by atoms with E-state index in [9.17, 15) is 20.4 Å². The first-order chi connectivity index (χ1) is 15.6. The van der Waals surface area contributed by atoms with Crippen LogP contribution >= 0.6 is 23.2 Å². The minimum atomic E-state index is -3.58. The van der Waals surface area contributed by atoms with Crippen LogP contribution in [0.3, 0.4) is 0 Å². The topological polar surface area (TPSA) is 131 Å². The highest BCUT2D eigenvalue weighted by molar-refractivity contribution is 6.34. The van der Waals surface area contributed by atoms with Crippen molar-refractivity contribution >= 4 is 34.5 Å². The minimum Gasteiger partial charge on any atom is -0.402 e. The van der Waals surface area contributed by atoms with E-state index >= 15 is 4.39 Å². The quantitative estimate of drug-likeness (QED) is 0.242. The van der Waals surface area contributed by atoms with Crippen LogP contribution in [0.1, 0.15) is 43.0 Å². The van der Waals surface area contributed by atoms with Crippen LogP contribution in [0.15, 0.2) is 49.2 Å². The fourth-order valence-corrected chi connectivity index (χ4v) is 4.14. The summed E-state index contributed by atoms with van der Waals surface area (Å²) < 4.78 is 16.0. The molecule has 34 heavy (non-hydrogen) atoms. The van der Waals surface area contributed by atoms with Crippen molar-refractivity contribution in [2.24, 2.45) is 5.73 Å². The zero-order valence-corrected chi connectivity index (χ0v) is 20.7. The Hall–Kier alpha value is -2.17. The normalized spacial score (nSPS) is 15.4. The second-order valence-corrected chi connectivity index (χ2v) is 9.21. The molecule has 0 aliphatic carbocycles. The number of benzene rings is 2. The van der Waals surface area contributed by atoms with Gasteiger partial charge >= 0.3 is 5.97 Å². The van der Waals surface area contributed by atoms with E-state index in [0.29, 0.717) is 22.0 Å². The molecule has 2 aromatic carbocycles. The monoisotopic (exact) mass is 513 g/mol. The smallest absolute Gasteiger partial charge is 0.307 e. The van der Waals surface area contributed by atoms with Crippen molar-refractivity contribution in [1.29, 1.82) is 0 Å².